The molecule has 0 fully saturated rings. The van der Waals surface area contributed by atoms with Crippen molar-refractivity contribution in [1.29, 1.82) is 5.26 Å². The van der Waals surface area contributed by atoms with E-state index in [0.717, 1.165) is 0 Å². The van der Waals surface area contributed by atoms with Crippen molar-refractivity contribution in [2.75, 3.05) is 6.61 Å². The average molecular weight is 239 g/mol. The summed E-state index contributed by atoms with van der Waals surface area (Å²) in [7, 11) is 0. The molecule has 1 rings (SSSR count). The zero-order chi connectivity index (χ0) is 12.0. The fourth-order valence-electron chi connectivity index (χ4n) is 1.20. The van der Waals surface area contributed by atoms with Crippen LogP contribution >= 0.6 is 11.6 Å². The van der Waals surface area contributed by atoms with Crippen LogP contribution in [0.25, 0.3) is 0 Å². The smallest absolute Gasteiger partial charge is 0.306 e. The molecule has 0 bridgehead atoms. The van der Waals surface area contributed by atoms with Crippen molar-refractivity contribution in [2.24, 2.45) is 0 Å². The van der Waals surface area contributed by atoms with Crippen molar-refractivity contribution >= 4 is 17.6 Å². The van der Waals surface area contributed by atoms with E-state index in [-0.39, 0.29) is 18.1 Å². The van der Waals surface area contributed by atoms with Gasteiger partial charge < -0.3 is 4.74 Å². The van der Waals surface area contributed by atoms with Gasteiger partial charge in [0.15, 0.2) is 0 Å². The summed E-state index contributed by atoms with van der Waals surface area (Å²) in [5, 5.41) is 9.13. The van der Waals surface area contributed by atoms with Gasteiger partial charge >= 0.3 is 5.97 Å². The Bertz CT molecular complexity index is 426. The summed E-state index contributed by atoms with van der Waals surface area (Å²) in [5.74, 6) is -0.275. The number of aromatic nitrogens is 1. The minimum atomic E-state index is -0.275. The molecule has 0 spiro atoms. The zero-order valence-corrected chi connectivity index (χ0v) is 9.62. The van der Waals surface area contributed by atoms with Gasteiger partial charge in [0.05, 0.1) is 13.0 Å². The molecule has 1 heterocycles. The first-order chi connectivity index (χ1) is 7.65. The Balaban J connectivity index is 2.64. The number of carbonyl (C=O) groups excluding carboxylic acids is 1. The van der Waals surface area contributed by atoms with Crippen molar-refractivity contribution in [3.63, 3.8) is 0 Å². The lowest BCUT2D eigenvalue weighted by molar-refractivity contribution is -0.143. The molecule has 5 heteroatoms. The number of hydrogen-bond donors (Lipinski definition) is 0. The number of hydrogen-bond acceptors (Lipinski definition) is 4. The third-order valence-corrected chi connectivity index (χ3v) is 2.07. The number of carbonyl (C=O) groups is 1. The van der Waals surface area contributed by atoms with E-state index in [0.29, 0.717) is 23.7 Å². The van der Waals surface area contributed by atoms with Crippen molar-refractivity contribution < 1.29 is 9.53 Å². The van der Waals surface area contributed by atoms with Crippen LogP contribution in [0, 0.1) is 11.3 Å². The molecule has 16 heavy (non-hydrogen) atoms. The van der Waals surface area contributed by atoms with E-state index in [1.165, 1.54) is 6.07 Å². The van der Waals surface area contributed by atoms with Crippen LogP contribution in [0.1, 0.15) is 24.7 Å². The zero-order valence-electron chi connectivity index (χ0n) is 8.86. The van der Waals surface area contributed by atoms with Crippen LogP contribution in [-0.4, -0.2) is 17.6 Å². The number of pyridine rings is 1. The van der Waals surface area contributed by atoms with E-state index in [1.807, 2.05) is 6.07 Å². The van der Waals surface area contributed by atoms with Gasteiger partial charge in [0.25, 0.3) is 0 Å². The van der Waals surface area contributed by atoms with E-state index < -0.39 is 0 Å². The Morgan fingerprint density at radius 2 is 2.38 bits per heavy atom. The van der Waals surface area contributed by atoms with E-state index in [2.05, 4.69) is 4.98 Å². The molecule has 0 unspecified atom stereocenters. The third-order valence-electron chi connectivity index (χ3n) is 1.85. The first kappa shape index (κ1) is 12.5. The second-order valence-electron chi connectivity index (χ2n) is 3.08. The predicted octanol–water partition coefficient (Wildman–Crippen LogP) is 2.10. The summed E-state index contributed by atoms with van der Waals surface area (Å²) >= 11 is 5.80. The van der Waals surface area contributed by atoms with Crippen LogP contribution in [-0.2, 0) is 16.0 Å². The number of esters is 1. The summed E-state index contributed by atoms with van der Waals surface area (Å²) < 4.78 is 4.79. The van der Waals surface area contributed by atoms with Crippen LogP contribution in [0.3, 0.4) is 0 Å². The monoisotopic (exact) mass is 238 g/mol. The molecule has 0 aliphatic rings. The molecule has 84 valence electrons. The van der Waals surface area contributed by atoms with Crippen LogP contribution in [0.4, 0.5) is 0 Å². The van der Waals surface area contributed by atoms with Gasteiger partial charge in [-0.05, 0) is 19.1 Å². The molecular weight excluding hydrogens is 228 g/mol. The molecular formula is C11H11ClN2O2. The molecule has 0 amide bonds. The third kappa shape index (κ3) is 3.87. The molecule has 0 aliphatic carbocycles. The minimum Gasteiger partial charge on any atom is -0.466 e. The normalized spacial score (nSPS) is 9.56. The van der Waals surface area contributed by atoms with Crippen molar-refractivity contribution in [1.82, 2.24) is 4.98 Å². The van der Waals surface area contributed by atoms with Crippen LogP contribution in [0.2, 0.25) is 5.02 Å². The molecule has 0 saturated heterocycles. The summed E-state index contributed by atoms with van der Waals surface area (Å²) in [6, 6.07) is 5.03. The SMILES string of the molecule is CCOC(=O)CCc1cc(Cl)cc(C#N)n1. The number of nitriles is 1. The molecule has 0 aromatic carbocycles. The van der Waals surface area contributed by atoms with Crippen LogP contribution in [0.15, 0.2) is 12.1 Å². The Morgan fingerprint density at radius 1 is 1.62 bits per heavy atom. The van der Waals surface area contributed by atoms with Crippen molar-refractivity contribution in [3.05, 3.63) is 28.5 Å². The second kappa shape index (κ2) is 6.09. The highest BCUT2D eigenvalue weighted by atomic mass is 35.5. The molecule has 0 saturated carbocycles. The number of nitrogens with zero attached hydrogens (tertiary/aromatic N) is 2. The minimum absolute atomic E-state index is 0.242. The van der Waals surface area contributed by atoms with Gasteiger partial charge in [-0.15, -0.1) is 0 Å². The van der Waals surface area contributed by atoms with Crippen molar-refractivity contribution in [3.8, 4) is 6.07 Å². The quantitative estimate of drug-likeness (QED) is 0.754. The maximum atomic E-state index is 11.1. The lowest BCUT2D eigenvalue weighted by atomic mass is 10.2. The van der Waals surface area contributed by atoms with Gasteiger partial charge in [-0.25, -0.2) is 4.98 Å². The van der Waals surface area contributed by atoms with E-state index >= 15 is 0 Å². The summed E-state index contributed by atoms with van der Waals surface area (Å²) in [5.41, 5.74) is 0.878. The lowest BCUT2D eigenvalue weighted by Gasteiger charge is -2.02. The first-order valence-corrected chi connectivity index (χ1v) is 5.25. The Kier molecular flexibility index (Phi) is 4.74. The van der Waals surface area contributed by atoms with Gasteiger partial charge in [0, 0.05) is 17.1 Å². The highest BCUT2D eigenvalue weighted by Gasteiger charge is 2.05. The highest BCUT2D eigenvalue weighted by molar-refractivity contribution is 6.30. The van der Waals surface area contributed by atoms with Gasteiger partial charge in [-0.3, -0.25) is 4.79 Å². The molecule has 0 aliphatic heterocycles. The Morgan fingerprint density at radius 3 is 3.00 bits per heavy atom. The van der Waals surface area contributed by atoms with Crippen LogP contribution in [0.5, 0.6) is 0 Å². The van der Waals surface area contributed by atoms with Gasteiger partial charge in [-0.1, -0.05) is 11.6 Å². The maximum absolute atomic E-state index is 11.1. The second-order valence-corrected chi connectivity index (χ2v) is 3.52. The Hall–Kier alpha value is -1.60. The highest BCUT2D eigenvalue weighted by Crippen LogP contribution is 2.12. The molecule has 0 radical (unpaired) electrons. The standard InChI is InChI=1S/C11H11ClN2O2/c1-2-16-11(15)4-3-9-5-8(12)6-10(7-13)14-9/h5-6H,2-4H2,1H3. The predicted molar refractivity (Wildman–Crippen MR) is 58.9 cm³/mol. The first-order valence-electron chi connectivity index (χ1n) is 4.88. The molecule has 1 aromatic rings. The molecule has 4 nitrogen and oxygen atoms in total. The number of ether oxygens (including phenoxy) is 1. The summed E-state index contributed by atoms with van der Waals surface area (Å²) in [6.45, 7) is 2.12. The number of rotatable bonds is 4. The Labute approximate surface area is 98.8 Å². The summed E-state index contributed by atoms with van der Waals surface area (Å²) in [6.07, 6.45) is 0.667. The fourth-order valence-corrected chi connectivity index (χ4v) is 1.43. The van der Waals surface area contributed by atoms with E-state index in [1.54, 1.807) is 13.0 Å². The lowest BCUT2D eigenvalue weighted by Crippen LogP contribution is -2.06. The van der Waals surface area contributed by atoms with Gasteiger partial charge in [0.2, 0.25) is 0 Å². The number of halogens is 1. The molecule has 0 atom stereocenters. The van der Waals surface area contributed by atoms with Crippen LogP contribution < -0.4 is 0 Å². The van der Waals surface area contributed by atoms with Crippen molar-refractivity contribution in [2.45, 2.75) is 19.8 Å². The number of aryl methyl sites for hydroxylation is 1. The molecule has 1 aromatic heterocycles. The van der Waals surface area contributed by atoms with Gasteiger partial charge in [0.1, 0.15) is 11.8 Å². The largest absolute Gasteiger partial charge is 0.466 e. The van der Waals surface area contributed by atoms with E-state index in [9.17, 15) is 4.79 Å². The fraction of sp³-hybridized carbons (Fsp3) is 0.364. The average Bonchev–Trinajstić information content (AvgIpc) is 2.26. The molecule has 0 N–H and O–H groups in total. The topological polar surface area (TPSA) is 63.0 Å². The van der Waals surface area contributed by atoms with E-state index in [4.69, 9.17) is 21.6 Å². The summed E-state index contributed by atoms with van der Waals surface area (Å²) in [4.78, 5) is 15.1. The maximum Gasteiger partial charge on any atom is 0.306 e. The van der Waals surface area contributed by atoms with Gasteiger partial charge in [-0.2, -0.15) is 5.26 Å².